The van der Waals surface area contributed by atoms with Gasteiger partial charge in [-0.15, -0.1) is 0 Å². The molecule has 1 rings (SSSR count). The molecule has 4 nitrogen and oxygen atoms in total. The van der Waals surface area contributed by atoms with Crippen LogP contribution in [-0.2, 0) is 0 Å². The molecule has 0 aliphatic rings. The summed E-state index contributed by atoms with van der Waals surface area (Å²) < 4.78 is 0. The van der Waals surface area contributed by atoms with Crippen molar-refractivity contribution in [3.8, 4) is 0 Å². The summed E-state index contributed by atoms with van der Waals surface area (Å²) in [5.74, 6) is 0.677. The number of unbranched alkanes of at least 4 members (excludes halogenated alkanes) is 3. The van der Waals surface area contributed by atoms with Crippen LogP contribution in [-0.4, -0.2) is 17.4 Å². The Kier molecular flexibility index (Phi) is 6.93. The second-order valence-electron chi connectivity index (χ2n) is 5.32. The van der Waals surface area contributed by atoms with Crippen LogP contribution in [0.4, 0.5) is 5.69 Å². The van der Waals surface area contributed by atoms with Gasteiger partial charge < -0.3 is 11.1 Å². The van der Waals surface area contributed by atoms with E-state index in [9.17, 15) is 4.79 Å². The molecule has 3 N–H and O–H groups in total. The molecule has 0 aliphatic heterocycles. The van der Waals surface area contributed by atoms with Crippen molar-refractivity contribution in [2.45, 2.75) is 46.0 Å². The van der Waals surface area contributed by atoms with Crippen molar-refractivity contribution >= 4 is 11.6 Å². The summed E-state index contributed by atoms with van der Waals surface area (Å²) in [6.07, 6.45) is 9.08. The van der Waals surface area contributed by atoms with E-state index in [1.54, 1.807) is 12.3 Å². The van der Waals surface area contributed by atoms with Crippen molar-refractivity contribution in [2.75, 3.05) is 12.3 Å². The lowest BCUT2D eigenvalue weighted by Gasteiger charge is -2.07. The number of nitrogens with two attached hydrogens (primary N) is 1. The normalized spacial score (nSPS) is 10.7. The Morgan fingerprint density at radius 2 is 2.05 bits per heavy atom. The van der Waals surface area contributed by atoms with E-state index in [4.69, 9.17) is 5.73 Å². The summed E-state index contributed by atoms with van der Waals surface area (Å²) in [6, 6.07) is 1.65. The minimum absolute atomic E-state index is 0.109. The van der Waals surface area contributed by atoms with Gasteiger partial charge in [-0.25, -0.2) is 0 Å². The van der Waals surface area contributed by atoms with Crippen LogP contribution in [0.25, 0.3) is 0 Å². The standard InChI is InChI=1S/C15H25N3O/c1-12(2)7-5-3-4-6-9-18-15(19)13-8-10-17-11-14(13)16/h8,10-12H,3-7,9,16H2,1-2H3,(H,18,19). The molecule has 0 radical (unpaired) electrons. The fraction of sp³-hybridized carbons (Fsp3) is 0.600. The van der Waals surface area contributed by atoms with Gasteiger partial charge in [0, 0.05) is 12.7 Å². The zero-order valence-corrected chi connectivity index (χ0v) is 12.0. The van der Waals surface area contributed by atoms with Crippen molar-refractivity contribution in [1.29, 1.82) is 0 Å². The molecule has 0 saturated carbocycles. The molecule has 0 saturated heterocycles. The predicted octanol–water partition coefficient (Wildman–Crippen LogP) is 3.00. The molecular formula is C15H25N3O. The SMILES string of the molecule is CC(C)CCCCCCNC(=O)c1ccncc1N. The molecule has 0 spiro atoms. The van der Waals surface area contributed by atoms with Gasteiger partial charge in [0.2, 0.25) is 0 Å². The number of nitrogen functional groups attached to an aromatic ring is 1. The number of carbonyl (C=O) groups excluding carboxylic acids is 1. The number of hydrogen-bond acceptors (Lipinski definition) is 3. The third-order valence-corrected chi connectivity index (χ3v) is 3.09. The molecule has 0 atom stereocenters. The summed E-state index contributed by atoms with van der Waals surface area (Å²) in [4.78, 5) is 15.7. The molecule has 0 aromatic carbocycles. The van der Waals surface area contributed by atoms with E-state index in [-0.39, 0.29) is 5.91 Å². The van der Waals surface area contributed by atoms with Crippen molar-refractivity contribution in [2.24, 2.45) is 5.92 Å². The number of nitrogens with zero attached hydrogens (tertiary/aromatic N) is 1. The van der Waals surface area contributed by atoms with Gasteiger partial charge in [-0.2, -0.15) is 0 Å². The van der Waals surface area contributed by atoms with Crippen molar-refractivity contribution in [3.05, 3.63) is 24.0 Å². The maximum absolute atomic E-state index is 11.8. The molecule has 4 heteroatoms. The Morgan fingerprint density at radius 3 is 2.74 bits per heavy atom. The van der Waals surface area contributed by atoms with Gasteiger partial charge in [-0.05, 0) is 18.4 Å². The molecule has 1 aromatic rings. The summed E-state index contributed by atoms with van der Waals surface area (Å²) in [5, 5.41) is 2.89. The lowest BCUT2D eigenvalue weighted by Crippen LogP contribution is -2.25. The molecule has 106 valence electrons. The topological polar surface area (TPSA) is 68.0 Å². The maximum atomic E-state index is 11.8. The van der Waals surface area contributed by atoms with Gasteiger partial charge in [0.25, 0.3) is 5.91 Å². The van der Waals surface area contributed by atoms with Gasteiger partial charge in [-0.3, -0.25) is 9.78 Å². The van der Waals surface area contributed by atoms with Gasteiger partial charge >= 0.3 is 0 Å². The third-order valence-electron chi connectivity index (χ3n) is 3.09. The highest BCUT2D eigenvalue weighted by Crippen LogP contribution is 2.10. The monoisotopic (exact) mass is 263 g/mol. The van der Waals surface area contributed by atoms with E-state index in [2.05, 4.69) is 24.1 Å². The maximum Gasteiger partial charge on any atom is 0.253 e. The molecule has 0 fully saturated rings. The summed E-state index contributed by atoms with van der Waals surface area (Å²) in [5.41, 5.74) is 6.63. The highest BCUT2D eigenvalue weighted by molar-refractivity contribution is 5.98. The van der Waals surface area contributed by atoms with Crippen molar-refractivity contribution in [1.82, 2.24) is 10.3 Å². The van der Waals surface area contributed by atoms with Crippen LogP contribution in [0.3, 0.4) is 0 Å². The van der Waals surface area contributed by atoms with Crippen LogP contribution >= 0.6 is 0 Å². The number of pyridine rings is 1. The van der Waals surface area contributed by atoms with E-state index in [1.807, 2.05) is 0 Å². The molecule has 1 amide bonds. The third kappa shape index (κ3) is 6.22. The number of nitrogens with one attached hydrogen (secondary N) is 1. The first kappa shape index (κ1) is 15.5. The van der Waals surface area contributed by atoms with Crippen LogP contribution in [0.2, 0.25) is 0 Å². The van der Waals surface area contributed by atoms with Gasteiger partial charge in [0.1, 0.15) is 0 Å². The second kappa shape index (κ2) is 8.51. The molecule has 1 heterocycles. The number of carbonyl (C=O) groups is 1. The Balaban J connectivity index is 2.13. The van der Waals surface area contributed by atoms with E-state index in [0.717, 1.165) is 12.3 Å². The average molecular weight is 263 g/mol. The number of amides is 1. The molecule has 0 unspecified atom stereocenters. The van der Waals surface area contributed by atoms with Crippen LogP contribution in [0.15, 0.2) is 18.5 Å². The highest BCUT2D eigenvalue weighted by atomic mass is 16.1. The van der Waals surface area contributed by atoms with E-state index >= 15 is 0 Å². The Bertz CT molecular complexity index is 391. The smallest absolute Gasteiger partial charge is 0.253 e. The van der Waals surface area contributed by atoms with Crippen LogP contribution in [0, 0.1) is 5.92 Å². The first-order valence-electron chi connectivity index (χ1n) is 7.09. The van der Waals surface area contributed by atoms with Crippen molar-refractivity contribution < 1.29 is 4.79 Å². The number of hydrogen-bond donors (Lipinski definition) is 2. The zero-order chi connectivity index (χ0) is 14.1. The van der Waals surface area contributed by atoms with E-state index in [0.29, 0.717) is 17.8 Å². The van der Waals surface area contributed by atoms with E-state index in [1.165, 1.54) is 31.9 Å². The minimum atomic E-state index is -0.109. The number of aromatic nitrogens is 1. The Morgan fingerprint density at radius 1 is 1.32 bits per heavy atom. The fourth-order valence-electron chi connectivity index (χ4n) is 1.94. The highest BCUT2D eigenvalue weighted by Gasteiger charge is 2.07. The number of rotatable bonds is 8. The fourth-order valence-corrected chi connectivity index (χ4v) is 1.94. The molecular weight excluding hydrogens is 238 g/mol. The van der Waals surface area contributed by atoms with Gasteiger partial charge in [0.05, 0.1) is 17.4 Å². The largest absolute Gasteiger partial charge is 0.397 e. The quantitative estimate of drug-likeness (QED) is 0.708. The predicted molar refractivity (Wildman–Crippen MR) is 78.9 cm³/mol. The second-order valence-corrected chi connectivity index (χ2v) is 5.32. The molecule has 0 bridgehead atoms. The first-order chi connectivity index (χ1) is 9.11. The zero-order valence-electron chi connectivity index (χ0n) is 12.0. The summed E-state index contributed by atoms with van der Waals surface area (Å²) >= 11 is 0. The summed E-state index contributed by atoms with van der Waals surface area (Å²) in [6.45, 7) is 5.21. The summed E-state index contributed by atoms with van der Waals surface area (Å²) in [7, 11) is 0. The van der Waals surface area contributed by atoms with Crippen molar-refractivity contribution in [3.63, 3.8) is 0 Å². The average Bonchev–Trinajstić information content (AvgIpc) is 2.37. The Hall–Kier alpha value is -1.58. The van der Waals surface area contributed by atoms with E-state index < -0.39 is 0 Å². The lowest BCUT2D eigenvalue weighted by molar-refractivity contribution is 0.0953. The molecule has 1 aromatic heterocycles. The minimum Gasteiger partial charge on any atom is -0.397 e. The van der Waals surface area contributed by atoms with Gasteiger partial charge in [0.15, 0.2) is 0 Å². The van der Waals surface area contributed by atoms with Crippen LogP contribution in [0.5, 0.6) is 0 Å². The molecule has 19 heavy (non-hydrogen) atoms. The van der Waals surface area contributed by atoms with Crippen LogP contribution in [0.1, 0.15) is 56.3 Å². The Labute approximate surface area is 115 Å². The van der Waals surface area contributed by atoms with Crippen LogP contribution < -0.4 is 11.1 Å². The molecule has 0 aliphatic carbocycles. The van der Waals surface area contributed by atoms with Gasteiger partial charge in [-0.1, -0.05) is 39.5 Å². The lowest BCUT2D eigenvalue weighted by atomic mass is 10.0. The number of anilines is 1. The first-order valence-corrected chi connectivity index (χ1v) is 7.09.